The zero-order valence-corrected chi connectivity index (χ0v) is 11.8. The standard InChI is InChI=1S/C11H12BrF3N2O3/c12-9-3-8(4-10(5-9)17(18)19)6-16-1-2-20-7-11(13,14)15/h3-5,16H,1-2,6-7H2. The summed E-state index contributed by atoms with van der Waals surface area (Å²) >= 11 is 3.16. The summed E-state index contributed by atoms with van der Waals surface area (Å²) in [4.78, 5) is 10.1. The Morgan fingerprint density at radius 1 is 1.35 bits per heavy atom. The highest BCUT2D eigenvalue weighted by molar-refractivity contribution is 9.10. The molecule has 5 nitrogen and oxygen atoms in total. The van der Waals surface area contributed by atoms with Gasteiger partial charge in [-0.3, -0.25) is 10.1 Å². The van der Waals surface area contributed by atoms with Crippen molar-refractivity contribution in [1.29, 1.82) is 0 Å². The maximum Gasteiger partial charge on any atom is 0.411 e. The molecule has 0 radical (unpaired) electrons. The number of ether oxygens (including phenoxy) is 1. The van der Waals surface area contributed by atoms with Gasteiger partial charge in [0.15, 0.2) is 0 Å². The van der Waals surface area contributed by atoms with E-state index in [1.807, 2.05) is 0 Å². The summed E-state index contributed by atoms with van der Waals surface area (Å²) in [6.07, 6.45) is -4.33. The van der Waals surface area contributed by atoms with Gasteiger partial charge in [-0.15, -0.1) is 0 Å². The fourth-order valence-corrected chi connectivity index (χ4v) is 1.93. The topological polar surface area (TPSA) is 64.4 Å². The van der Waals surface area contributed by atoms with E-state index in [-0.39, 0.29) is 18.8 Å². The van der Waals surface area contributed by atoms with Crippen molar-refractivity contribution in [2.45, 2.75) is 12.7 Å². The van der Waals surface area contributed by atoms with Crippen molar-refractivity contribution in [2.24, 2.45) is 0 Å². The summed E-state index contributed by atoms with van der Waals surface area (Å²) in [5, 5.41) is 13.5. The molecule has 0 saturated heterocycles. The summed E-state index contributed by atoms with van der Waals surface area (Å²) in [5.41, 5.74) is 0.603. The Hall–Kier alpha value is -1.19. The van der Waals surface area contributed by atoms with Crippen LogP contribution >= 0.6 is 15.9 Å². The monoisotopic (exact) mass is 356 g/mol. The van der Waals surface area contributed by atoms with Crippen molar-refractivity contribution >= 4 is 21.6 Å². The van der Waals surface area contributed by atoms with Gasteiger partial charge < -0.3 is 10.1 Å². The minimum atomic E-state index is -4.33. The molecule has 112 valence electrons. The van der Waals surface area contributed by atoms with Gasteiger partial charge >= 0.3 is 6.18 Å². The number of nitrogens with zero attached hydrogens (tertiary/aromatic N) is 1. The summed E-state index contributed by atoms with van der Waals surface area (Å²) in [6, 6.07) is 4.46. The highest BCUT2D eigenvalue weighted by Crippen LogP contribution is 2.21. The van der Waals surface area contributed by atoms with Crippen LogP contribution in [0, 0.1) is 10.1 Å². The van der Waals surface area contributed by atoms with E-state index >= 15 is 0 Å². The van der Waals surface area contributed by atoms with Crippen molar-refractivity contribution in [3.8, 4) is 0 Å². The number of non-ortho nitro benzene ring substituents is 1. The minimum Gasteiger partial charge on any atom is -0.371 e. The van der Waals surface area contributed by atoms with E-state index in [0.717, 1.165) is 0 Å². The van der Waals surface area contributed by atoms with Crippen LogP contribution in [0.25, 0.3) is 0 Å². The fraction of sp³-hybridized carbons (Fsp3) is 0.455. The maximum absolute atomic E-state index is 11.8. The normalized spacial score (nSPS) is 11.6. The number of benzene rings is 1. The van der Waals surface area contributed by atoms with Gasteiger partial charge in [0.05, 0.1) is 11.5 Å². The number of rotatable bonds is 7. The van der Waals surface area contributed by atoms with Crippen LogP contribution in [0.2, 0.25) is 0 Å². The van der Waals surface area contributed by atoms with Gasteiger partial charge in [-0.25, -0.2) is 0 Å². The number of nitrogens with one attached hydrogen (secondary N) is 1. The lowest BCUT2D eigenvalue weighted by molar-refractivity contribution is -0.385. The number of alkyl halides is 3. The van der Waals surface area contributed by atoms with Crippen LogP contribution in [-0.4, -0.2) is 30.9 Å². The Kier molecular flexibility index (Phi) is 6.37. The zero-order chi connectivity index (χ0) is 15.2. The molecule has 0 aliphatic heterocycles. The predicted molar refractivity (Wildman–Crippen MR) is 69.4 cm³/mol. The Morgan fingerprint density at radius 3 is 2.65 bits per heavy atom. The number of nitro groups is 1. The zero-order valence-electron chi connectivity index (χ0n) is 10.2. The van der Waals surface area contributed by atoms with Crippen molar-refractivity contribution in [3.63, 3.8) is 0 Å². The lowest BCUT2D eigenvalue weighted by Crippen LogP contribution is -2.23. The van der Waals surface area contributed by atoms with Gasteiger partial charge in [0.2, 0.25) is 0 Å². The average molecular weight is 357 g/mol. The van der Waals surface area contributed by atoms with Crippen LogP contribution in [-0.2, 0) is 11.3 Å². The molecule has 20 heavy (non-hydrogen) atoms. The molecule has 0 fully saturated rings. The van der Waals surface area contributed by atoms with Crippen molar-refractivity contribution < 1.29 is 22.8 Å². The van der Waals surface area contributed by atoms with E-state index in [1.54, 1.807) is 6.07 Å². The van der Waals surface area contributed by atoms with Gasteiger partial charge in [0.1, 0.15) is 6.61 Å². The van der Waals surface area contributed by atoms with Crippen LogP contribution in [0.1, 0.15) is 5.56 Å². The lowest BCUT2D eigenvalue weighted by Gasteiger charge is -2.08. The highest BCUT2D eigenvalue weighted by Gasteiger charge is 2.27. The van der Waals surface area contributed by atoms with Crippen molar-refractivity contribution in [2.75, 3.05) is 19.8 Å². The SMILES string of the molecule is O=[N+]([O-])c1cc(Br)cc(CNCCOCC(F)(F)F)c1. The molecule has 1 aromatic carbocycles. The molecule has 0 bridgehead atoms. The summed E-state index contributed by atoms with van der Waals surface area (Å²) < 4.78 is 40.3. The third-order valence-electron chi connectivity index (χ3n) is 2.17. The van der Waals surface area contributed by atoms with Crippen LogP contribution in [0.5, 0.6) is 0 Å². The minimum absolute atomic E-state index is 0.0514. The largest absolute Gasteiger partial charge is 0.411 e. The molecule has 0 unspecified atom stereocenters. The van der Waals surface area contributed by atoms with Crippen LogP contribution in [0.4, 0.5) is 18.9 Å². The number of hydrogen-bond donors (Lipinski definition) is 1. The number of halogens is 4. The second-order valence-electron chi connectivity index (χ2n) is 3.92. The van der Waals surface area contributed by atoms with Crippen LogP contribution in [0.15, 0.2) is 22.7 Å². The first-order chi connectivity index (χ1) is 9.28. The summed E-state index contributed by atoms with van der Waals surface area (Å²) in [7, 11) is 0. The average Bonchev–Trinajstić information content (AvgIpc) is 2.31. The third-order valence-corrected chi connectivity index (χ3v) is 2.63. The Morgan fingerprint density at radius 2 is 2.05 bits per heavy atom. The molecule has 9 heteroatoms. The summed E-state index contributed by atoms with van der Waals surface area (Å²) in [6.45, 7) is -0.849. The second kappa shape index (κ2) is 7.55. The van der Waals surface area contributed by atoms with E-state index in [1.165, 1.54) is 12.1 Å². The molecule has 0 aliphatic carbocycles. The first-order valence-corrected chi connectivity index (χ1v) is 6.36. The molecular formula is C11H12BrF3N2O3. The van der Waals surface area contributed by atoms with Crippen molar-refractivity contribution in [1.82, 2.24) is 5.32 Å². The van der Waals surface area contributed by atoms with E-state index in [4.69, 9.17) is 0 Å². The molecule has 0 heterocycles. The Bertz CT molecular complexity index is 469. The number of hydrogen-bond acceptors (Lipinski definition) is 4. The van der Waals surface area contributed by atoms with Gasteiger partial charge in [-0.05, 0) is 11.6 Å². The Labute approximate surface area is 121 Å². The van der Waals surface area contributed by atoms with E-state index in [0.29, 0.717) is 16.6 Å². The first kappa shape index (κ1) is 16.9. The molecule has 0 saturated carbocycles. The van der Waals surface area contributed by atoms with Crippen LogP contribution in [0.3, 0.4) is 0 Å². The molecule has 0 aromatic heterocycles. The quantitative estimate of drug-likeness (QED) is 0.463. The van der Waals surface area contributed by atoms with E-state index in [2.05, 4.69) is 26.0 Å². The molecule has 1 aromatic rings. The molecule has 0 amide bonds. The van der Waals surface area contributed by atoms with E-state index in [9.17, 15) is 23.3 Å². The second-order valence-corrected chi connectivity index (χ2v) is 4.84. The number of nitro benzene ring substituents is 1. The van der Waals surface area contributed by atoms with Gasteiger partial charge in [0.25, 0.3) is 5.69 Å². The smallest absolute Gasteiger partial charge is 0.371 e. The van der Waals surface area contributed by atoms with E-state index < -0.39 is 17.7 Å². The summed E-state index contributed by atoms with van der Waals surface area (Å²) in [5.74, 6) is 0. The lowest BCUT2D eigenvalue weighted by atomic mass is 10.2. The van der Waals surface area contributed by atoms with Gasteiger partial charge in [0, 0.05) is 29.7 Å². The predicted octanol–water partition coefficient (Wildman–Crippen LogP) is 3.03. The Balaban J connectivity index is 2.34. The molecule has 1 N–H and O–H groups in total. The third kappa shape index (κ3) is 6.83. The molecule has 0 atom stereocenters. The molecule has 0 aliphatic rings. The fourth-order valence-electron chi connectivity index (χ4n) is 1.41. The highest BCUT2D eigenvalue weighted by atomic mass is 79.9. The van der Waals surface area contributed by atoms with Gasteiger partial charge in [-0.2, -0.15) is 13.2 Å². The van der Waals surface area contributed by atoms with Crippen LogP contribution < -0.4 is 5.32 Å². The molecule has 1 rings (SSSR count). The maximum atomic E-state index is 11.8. The molecular weight excluding hydrogens is 345 g/mol. The van der Waals surface area contributed by atoms with Crippen molar-refractivity contribution in [3.05, 3.63) is 38.3 Å². The molecule has 0 spiro atoms. The first-order valence-electron chi connectivity index (χ1n) is 5.57. The van der Waals surface area contributed by atoms with Gasteiger partial charge in [-0.1, -0.05) is 15.9 Å².